The van der Waals surface area contributed by atoms with Gasteiger partial charge in [0.2, 0.25) is 0 Å². The quantitative estimate of drug-likeness (QED) is 0.885. The third-order valence-electron chi connectivity index (χ3n) is 3.22. The van der Waals surface area contributed by atoms with Crippen molar-refractivity contribution in [3.8, 4) is 5.75 Å². The average molecular weight is 285 g/mol. The van der Waals surface area contributed by atoms with Crippen LogP contribution in [0.3, 0.4) is 0 Å². The van der Waals surface area contributed by atoms with E-state index in [0.29, 0.717) is 12.4 Å². The number of likely N-dealkylation sites (N-methyl/N-ethyl adjacent to an activating group) is 1. The summed E-state index contributed by atoms with van der Waals surface area (Å²) in [6.45, 7) is 3.28. The predicted molar refractivity (Wildman–Crippen MR) is 83.3 cm³/mol. The molecule has 0 aliphatic rings. The average Bonchev–Trinajstić information content (AvgIpc) is 2.47. The number of carboxylic acid groups (broad SMARTS) is 1. The van der Waals surface area contributed by atoms with E-state index in [1.807, 2.05) is 13.1 Å². The SMILES string of the molecule is Cc1cccc(N(C)CCOc2cccc(C(=O)O)c2)c1. The molecule has 0 saturated heterocycles. The molecule has 0 amide bonds. The van der Waals surface area contributed by atoms with Gasteiger partial charge in [0.25, 0.3) is 0 Å². The molecular formula is C17H19NO3. The van der Waals surface area contributed by atoms with Gasteiger partial charge < -0.3 is 14.7 Å². The molecule has 2 aromatic carbocycles. The molecule has 0 fully saturated rings. The fourth-order valence-corrected chi connectivity index (χ4v) is 2.01. The lowest BCUT2D eigenvalue weighted by molar-refractivity contribution is 0.0696. The molecule has 0 heterocycles. The number of hydrogen-bond acceptors (Lipinski definition) is 3. The van der Waals surface area contributed by atoms with Crippen LogP contribution in [0.2, 0.25) is 0 Å². The van der Waals surface area contributed by atoms with Crippen molar-refractivity contribution >= 4 is 11.7 Å². The van der Waals surface area contributed by atoms with Crippen molar-refractivity contribution in [3.05, 3.63) is 59.7 Å². The largest absolute Gasteiger partial charge is 0.492 e. The van der Waals surface area contributed by atoms with Crippen molar-refractivity contribution in [2.45, 2.75) is 6.92 Å². The van der Waals surface area contributed by atoms with Gasteiger partial charge in [0, 0.05) is 12.7 Å². The smallest absolute Gasteiger partial charge is 0.335 e. The molecule has 1 N–H and O–H groups in total. The Morgan fingerprint density at radius 3 is 2.67 bits per heavy atom. The Hall–Kier alpha value is -2.49. The predicted octanol–water partition coefficient (Wildman–Crippen LogP) is 3.21. The van der Waals surface area contributed by atoms with Crippen LogP contribution in [0, 0.1) is 6.92 Å². The van der Waals surface area contributed by atoms with Gasteiger partial charge in [-0.15, -0.1) is 0 Å². The van der Waals surface area contributed by atoms with Gasteiger partial charge in [-0.1, -0.05) is 18.2 Å². The van der Waals surface area contributed by atoms with E-state index in [2.05, 4.69) is 30.0 Å². The molecule has 2 rings (SSSR count). The molecule has 2 aromatic rings. The molecule has 0 bridgehead atoms. The van der Waals surface area contributed by atoms with Crippen LogP contribution in [0.25, 0.3) is 0 Å². The number of aryl methyl sites for hydroxylation is 1. The molecule has 0 aliphatic carbocycles. The van der Waals surface area contributed by atoms with Crippen molar-refractivity contribution in [2.24, 2.45) is 0 Å². The van der Waals surface area contributed by atoms with Crippen molar-refractivity contribution < 1.29 is 14.6 Å². The van der Waals surface area contributed by atoms with E-state index in [1.165, 1.54) is 11.6 Å². The number of benzene rings is 2. The number of carbonyl (C=O) groups is 1. The highest BCUT2D eigenvalue weighted by Crippen LogP contribution is 2.15. The van der Waals surface area contributed by atoms with Gasteiger partial charge in [-0.05, 0) is 42.8 Å². The molecule has 0 aliphatic heterocycles. The van der Waals surface area contributed by atoms with Gasteiger partial charge >= 0.3 is 5.97 Å². The minimum Gasteiger partial charge on any atom is -0.492 e. The fraction of sp³-hybridized carbons (Fsp3) is 0.235. The van der Waals surface area contributed by atoms with E-state index in [-0.39, 0.29) is 5.56 Å². The van der Waals surface area contributed by atoms with Gasteiger partial charge in [-0.3, -0.25) is 0 Å². The van der Waals surface area contributed by atoms with Crippen molar-refractivity contribution in [1.29, 1.82) is 0 Å². The highest BCUT2D eigenvalue weighted by molar-refractivity contribution is 5.87. The first kappa shape index (κ1) is 14.9. The minimum absolute atomic E-state index is 0.236. The number of rotatable bonds is 6. The zero-order chi connectivity index (χ0) is 15.2. The van der Waals surface area contributed by atoms with Crippen molar-refractivity contribution in [3.63, 3.8) is 0 Å². The highest BCUT2D eigenvalue weighted by Gasteiger charge is 2.05. The van der Waals surface area contributed by atoms with E-state index >= 15 is 0 Å². The van der Waals surface area contributed by atoms with Gasteiger partial charge in [-0.2, -0.15) is 0 Å². The molecule has 0 aromatic heterocycles. The maximum atomic E-state index is 10.9. The van der Waals surface area contributed by atoms with Crippen molar-refractivity contribution in [2.75, 3.05) is 25.1 Å². The molecule has 110 valence electrons. The lowest BCUT2D eigenvalue weighted by Gasteiger charge is -2.20. The number of carboxylic acids is 1. The third kappa shape index (κ3) is 4.24. The van der Waals surface area contributed by atoms with Crippen LogP contribution in [0.1, 0.15) is 15.9 Å². The second-order valence-corrected chi connectivity index (χ2v) is 4.94. The number of ether oxygens (including phenoxy) is 1. The summed E-state index contributed by atoms with van der Waals surface area (Å²) < 4.78 is 5.61. The van der Waals surface area contributed by atoms with Gasteiger partial charge in [0.1, 0.15) is 12.4 Å². The second kappa shape index (κ2) is 6.79. The molecule has 4 heteroatoms. The van der Waals surface area contributed by atoms with Crippen LogP contribution < -0.4 is 9.64 Å². The Balaban J connectivity index is 1.89. The first-order valence-corrected chi connectivity index (χ1v) is 6.80. The molecule has 0 atom stereocenters. The molecule has 0 saturated carbocycles. The summed E-state index contributed by atoms with van der Waals surface area (Å²) in [6.07, 6.45) is 0. The zero-order valence-electron chi connectivity index (χ0n) is 12.2. The maximum absolute atomic E-state index is 10.9. The molecule has 21 heavy (non-hydrogen) atoms. The summed E-state index contributed by atoms with van der Waals surface area (Å²) in [4.78, 5) is 13.0. The molecule has 0 spiro atoms. The summed E-state index contributed by atoms with van der Waals surface area (Å²) in [5.74, 6) is -0.370. The summed E-state index contributed by atoms with van der Waals surface area (Å²) >= 11 is 0. The van der Waals surface area contributed by atoms with E-state index in [1.54, 1.807) is 18.2 Å². The number of anilines is 1. The summed E-state index contributed by atoms with van der Waals surface area (Å²) in [7, 11) is 2.01. The Bertz CT molecular complexity index is 625. The van der Waals surface area contributed by atoms with E-state index in [4.69, 9.17) is 9.84 Å². The van der Waals surface area contributed by atoms with E-state index in [0.717, 1.165) is 12.2 Å². The van der Waals surface area contributed by atoms with Crippen LogP contribution in [0.4, 0.5) is 5.69 Å². The van der Waals surface area contributed by atoms with Gasteiger partial charge in [-0.25, -0.2) is 4.79 Å². The number of nitrogens with zero attached hydrogens (tertiary/aromatic N) is 1. The van der Waals surface area contributed by atoms with E-state index in [9.17, 15) is 4.79 Å². The summed E-state index contributed by atoms with van der Waals surface area (Å²) in [5, 5.41) is 8.93. The lowest BCUT2D eigenvalue weighted by Crippen LogP contribution is -2.23. The van der Waals surface area contributed by atoms with Crippen LogP contribution in [-0.4, -0.2) is 31.3 Å². The summed E-state index contributed by atoms with van der Waals surface area (Å²) in [5.41, 5.74) is 2.59. The summed E-state index contributed by atoms with van der Waals surface area (Å²) in [6, 6.07) is 14.8. The lowest BCUT2D eigenvalue weighted by atomic mass is 10.2. The first-order valence-electron chi connectivity index (χ1n) is 6.80. The standard InChI is InChI=1S/C17H19NO3/c1-13-5-3-7-15(11-13)18(2)9-10-21-16-8-4-6-14(12-16)17(19)20/h3-8,11-12H,9-10H2,1-2H3,(H,19,20). The monoisotopic (exact) mass is 285 g/mol. The van der Waals surface area contributed by atoms with Crippen LogP contribution >= 0.6 is 0 Å². The number of hydrogen-bond donors (Lipinski definition) is 1. The van der Waals surface area contributed by atoms with E-state index < -0.39 is 5.97 Å². The fourth-order valence-electron chi connectivity index (χ4n) is 2.01. The Morgan fingerprint density at radius 1 is 1.19 bits per heavy atom. The Kier molecular flexibility index (Phi) is 4.82. The second-order valence-electron chi connectivity index (χ2n) is 4.94. The zero-order valence-corrected chi connectivity index (χ0v) is 12.2. The topological polar surface area (TPSA) is 49.8 Å². The van der Waals surface area contributed by atoms with Crippen LogP contribution in [0.5, 0.6) is 5.75 Å². The van der Waals surface area contributed by atoms with Crippen molar-refractivity contribution in [1.82, 2.24) is 0 Å². The first-order chi connectivity index (χ1) is 10.1. The normalized spacial score (nSPS) is 10.2. The molecule has 0 radical (unpaired) electrons. The highest BCUT2D eigenvalue weighted by atomic mass is 16.5. The maximum Gasteiger partial charge on any atom is 0.335 e. The van der Waals surface area contributed by atoms with Crippen LogP contribution in [-0.2, 0) is 0 Å². The molecule has 0 unspecified atom stereocenters. The molecular weight excluding hydrogens is 266 g/mol. The van der Waals surface area contributed by atoms with Crippen LogP contribution in [0.15, 0.2) is 48.5 Å². The third-order valence-corrected chi connectivity index (χ3v) is 3.22. The Morgan fingerprint density at radius 2 is 1.95 bits per heavy atom. The van der Waals surface area contributed by atoms with Gasteiger partial charge in [0.15, 0.2) is 0 Å². The Labute approximate surface area is 124 Å². The number of aromatic carboxylic acids is 1. The van der Waals surface area contributed by atoms with Gasteiger partial charge in [0.05, 0.1) is 12.1 Å². The molecule has 4 nitrogen and oxygen atoms in total. The minimum atomic E-state index is -0.947.